The third-order valence-electron chi connectivity index (χ3n) is 2.30. The zero-order valence-electron chi connectivity index (χ0n) is 8.94. The summed E-state index contributed by atoms with van der Waals surface area (Å²) in [5.74, 6) is 0. The number of rotatable bonds is 2. The molecule has 0 aliphatic rings. The van der Waals surface area contributed by atoms with Gasteiger partial charge in [0.2, 0.25) is 0 Å². The summed E-state index contributed by atoms with van der Waals surface area (Å²) in [4.78, 5) is 0. The minimum atomic E-state index is 0.481. The minimum Gasteiger partial charge on any atom is -0.398 e. The fourth-order valence-corrected chi connectivity index (χ4v) is 1.71. The number of hydrogen-bond acceptors (Lipinski definition) is 3. The molecule has 0 bridgehead atoms. The molecule has 0 amide bonds. The highest BCUT2D eigenvalue weighted by Gasteiger charge is 2.00. The summed E-state index contributed by atoms with van der Waals surface area (Å²) in [6, 6.07) is 15.1. The normalized spacial score (nSPS) is 9.65. The second-order valence-electron chi connectivity index (χ2n) is 3.55. The van der Waals surface area contributed by atoms with Gasteiger partial charge < -0.3 is 11.1 Å². The Labute approximate surface area is 108 Å². The van der Waals surface area contributed by atoms with Gasteiger partial charge in [-0.05, 0) is 42.5 Å². The highest BCUT2D eigenvalue weighted by Crippen LogP contribution is 2.22. The maximum Gasteiger partial charge on any atom is 0.101 e. The van der Waals surface area contributed by atoms with Crippen LogP contribution in [0.25, 0.3) is 0 Å². The van der Waals surface area contributed by atoms with E-state index in [4.69, 9.17) is 11.0 Å². The van der Waals surface area contributed by atoms with Gasteiger partial charge in [-0.15, -0.1) is 0 Å². The molecule has 0 saturated carbocycles. The quantitative estimate of drug-likeness (QED) is 0.829. The first-order chi connectivity index (χ1) is 8.19. The van der Waals surface area contributed by atoms with E-state index in [1.165, 1.54) is 0 Å². The Morgan fingerprint density at radius 3 is 2.29 bits per heavy atom. The van der Waals surface area contributed by atoms with Gasteiger partial charge in [0.1, 0.15) is 6.07 Å². The molecule has 84 valence electrons. The molecule has 0 aliphatic carbocycles. The van der Waals surface area contributed by atoms with Gasteiger partial charge >= 0.3 is 0 Å². The fourth-order valence-electron chi connectivity index (χ4n) is 1.44. The first kappa shape index (κ1) is 11.5. The number of nitrogens with two attached hydrogens (primary N) is 1. The van der Waals surface area contributed by atoms with Gasteiger partial charge in [-0.1, -0.05) is 15.9 Å². The van der Waals surface area contributed by atoms with Crippen LogP contribution in [0.5, 0.6) is 0 Å². The number of anilines is 3. The van der Waals surface area contributed by atoms with Crippen LogP contribution in [-0.2, 0) is 0 Å². The molecule has 0 atom stereocenters. The van der Waals surface area contributed by atoms with Crippen molar-refractivity contribution in [3.05, 3.63) is 52.5 Å². The van der Waals surface area contributed by atoms with Gasteiger partial charge in [-0.2, -0.15) is 5.26 Å². The summed E-state index contributed by atoms with van der Waals surface area (Å²) >= 11 is 3.38. The Morgan fingerprint density at radius 1 is 1.06 bits per heavy atom. The van der Waals surface area contributed by atoms with Crippen LogP contribution in [0.2, 0.25) is 0 Å². The average molecular weight is 288 g/mol. The molecule has 2 aromatic rings. The number of nitriles is 1. The second-order valence-corrected chi connectivity index (χ2v) is 4.46. The van der Waals surface area contributed by atoms with E-state index < -0.39 is 0 Å². The summed E-state index contributed by atoms with van der Waals surface area (Å²) in [6.07, 6.45) is 0. The Morgan fingerprint density at radius 2 is 1.71 bits per heavy atom. The number of nitrogens with zero attached hydrogens (tertiary/aromatic N) is 1. The van der Waals surface area contributed by atoms with Crippen molar-refractivity contribution in [3.8, 4) is 6.07 Å². The largest absolute Gasteiger partial charge is 0.398 e. The van der Waals surface area contributed by atoms with Gasteiger partial charge in [0.05, 0.1) is 11.3 Å². The SMILES string of the molecule is N#Cc1ccc(Nc2ccc(Br)cc2)cc1N. The van der Waals surface area contributed by atoms with E-state index >= 15 is 0 Å². The third kappa shape index (κ3) is 2.77. The third-order valence-corrected chi connectivity index (χ3v) is 2.83. The Bertz CT molecular complexity index is 570. The predicted molar refractivity (Wildman–Crippen MR) is 73.0 cm³/mol. The van der Waals surface area contributed by atoms with E-state index in [9.17, 15) is 0 Å². The second kappa shape index (κ2) is 4.89. The lowest BCUT2D eigenvalue weighted by atomic mass is 10.2. The predicted octanol–water partition coefficient (Wildman–Crippen LogP) is 3.65. The van der Waals surface area contributed by atoms with E-state index in [0.717, 1.165) is 15.8 Å². The molecule has 17 heavy (non-hydrogen) atoms. The van der Waals surface area contributed by atoms with Crippen LogP contribution in [0.15, 0.2) is 46.9 Å². The molecular formula is C13H10BrN3. The van der Waals surface area contributed by atoms with Gasteiger partial charge in [0.25, 0.3) is 0 Å². The van der Waals surface area contributed by atoms with E-state index in [0.29, 0.717) is 11.3 Å². The molecule has 0 unspecified atom stereocenters. The van der Waals surface area contributed by atoms with E-state index in [1.807, 2.05) is 36.4 Å². The lowest BCUT2D eigenvalue weighted by molar-refractivity contribution is 1.47. The lowest BCUT2D eigenvalue weighted by Gasteiger charge is -2.07. The maximum atomic E-state index is 8.77. The van der Waals surface area contributed by atoms with Crippen LogP contribution < -0.4 is 11.1 Å². The molecule has 0 saturated heterocycles. The molecule has 0 radical (unpaired) electrons. The average Bonchev–Trinajstić information content (AvgIpc) is 2.32. The molecule has 3 nitrogen and oxygen atoms in total. The topological polar surface area (TPSA) is 61.8 Å². The van der Waals surface area contributed by atoms with Crippen LogP contribution in [0, 0.1) is 11.3 Å². The highest BCUT2D eigenvalue weighted by atomic mass is 79.9. The zero-order valence-corrected chi connectivity index (χ0v) is 10.5. The standard InChI is InChI=1S/C13H10BrN3/c14-10-2-5-11(6-3-10)17-12-4-1-9(8-15)13(16)7-12/h1-7,17H,16H2. The van der Waals surface area contributed by atoms with Crippen molar-refractivity contribution in [3.63, 3.8) is 0 Å². The number of benzene rings is 2. The van der Waals surface area contributed by atoms with Crippen molar-refractivity contribution >= 4 is 33.0 Å². The Hall–Kier alpha value is -1.99. The number of nitrogens with one attached hydrogen (secondary N) is 1. The summed E-state index contributed by atoms with van der Waals surface area (Å²) in [7, 11) is 0. The van der Waals surface area contributed by atoms with Crippen LogP contribution in [0.3, 0.4) is 0 Å². The summed E-state index contributed by atoms with van der Waals surface area (Å²) in [5.41, 5.74) is 8.55. The van der Waals surface area contributed by atoms with E-state index in [2.05, 4.69) is 21.2 Å². The molecule has 2 rings (SSSR count). The number of halogens is 1. The van der Waals surface area contributed by atoms with Crippen LogP contribution in [0.4, 0.5) is 17.1 Å². The van der Waals surface area contributed by atoms with Crippen molar-refractivity contribution in [1.82, 2.24) is 0 Å². The lowest BCUT2D eigenvalue weighted by Crippen LogP contribution is -1.94. The monoisotopic (exact) mass is 287 g/mol. The van der Waals surface area contributed by atoms with Crippen molar-refractivity contribution in [2.75, 3.05) is 11.1 Å². The van der Waals surface area contributed by atoms with Gasteiger partial charge in [0, 0.05) is 15.8 Å². The molecular weight excluding hydrogens is 278 g/mol. The molecule has 2 aromatic carbocycles. The summed E-state index contributed by atoms with van der Waals surface area (Å²) < 4.78 is 1.03. The van der Waals surface area contributed by atoms with Crippen LogP contribution >= 0.6 is 15.9 Å². The first-order valence-corrected chi connectivity index (χ1v) is 5.80. The van der Waals surface area contributed by atoms with Crippen molar-refractivity contribution in [2.24, 2.45) is 0 Å². The fraction of sp³-hybridized carbons (Fsp3) is 0. The van der Waals surface area contributed by atoms with Gasteiger partial charge in [-0.25, -0.2) is 0 Å². The van der Waals surface area contributed by atoms with Gasteiger partial charge in [-0.3, -0.25) is 0 Å². The zero-order chi connectivity index (χ0) is 12.3. The van der Waals surface area contributed by atoms with Crippen molar-refractivity contribution in [1.29, 1.82) is 5.26 Å². The first-order valence-electron chi connectivity index (χ1n) is 5.01. The smallest absolute Gasteiger partial charge is 0.101 e. The van der Waals surface area contributed by atoms with E-state index in [1.54, 1.807) is 12.1 Å². The highest BCUT2D eigenvalue weighted by molar-refractivity contribution is 9.10. The number of nitrogen functional groups attached to an aromatic ring is 1. The summed E-state index contributed by atoms with van der Waals surface area (Å²) in [5, 5.41) is 12.0. The molecule has 0 aliphatic heterocycles. The minimum absolute atomic E-state index is 0.481. The Kier molecular flexibility index (Phi) is 3.31. The Balaban J connectivity index is 2.22. The molecule has 4 heteroatoms. The molecule has 0 heterocycles. The molecule has 0 aromatic heterocycles. The molecule has 0 fully saturated rings. The van der Waals surface area contributed by atoms with Gasteiger partial charge in [0.15, 0.2) is 0 Å². The van der Waals surface area contributed by atoms with Crippen LogP contribution in [-0.4, -0.2) is 0 Å². The van der Waals surface area contributed by atoms with Crippen molar-refractivity contribution < 1.29 is 0 Å². The van der Waals surface area contributed by atoms with Crippen molar-refractivity contribution in [2.45, 2.75) is 0 Å². The maximum absolute atomic E-state index is 8.77. The summed E-state index contributed by atoms with van der Waals surface area (Å²) in [6.45, 7) is 0. The molecule has 0 spiro atoms. The van der Waals surface area contributed by atoms with Crippen LogP contribution in [0.1, 0.15) is 5.56 Å². The molecule has 3 N–H and O–H groups in total. The number of hydrogen-bond donors (Lipinski definition) is 2. The van der Waals surface area contributed by atoms with E-state index in [-0.39, 0.29) is 0 Å².